The van der Waals surface area contributed by atoms with Crippen molar-refractivity contribution in [1.29, 1.82) is 0 Å². The number of benzene rings is 1. The van der Waals surface area contributed by atoms with Crippen LogP contribution in [0.15, 0.2) is 42.7 Å². The van der Waals surface area contributed by atoms with Crippen molar-refractivity contribution >= 4 is 11.7 Å². The Hall–Kier alpha value is -3.33. The van der Waals surface area contributed by atoms with Gasteiger partial charge >= 0.3 is 0 Å². The fourth-order valence-corrected chi connectivity index (χ4v) is 5.05. The number of carbonyl (C=O) groups excluding carboxylic acids is 1. The van der Waals surface area contributed by atoms with Gasteiger partial charge in [0, 0.05) is 38.0 Å². The molecule has 2 saturated heterocycles. The molecule has 172 valence electrons. The monoisotopic (exact) mass is 450 g/mol. The first kappa shape index (κ1) is 21.5. The quantitative estimate of drug-likeness (QED) is 0.657. The molecule has 9 heteroatoms. The molecule has 2 fully saturated rings. The van der Waals surface area contributed by atoms with E-state index < -0.39 is 11.4 Å². The zero-order valence-electron chi connectivity index (χ0n) is 18.9. The van der Waals surface area contributed by atoms with Crippen molar-refractivity contribution in [3.8, 4) is 5.69 Å². The number of pyridine rings is 1. The minimum absolute atomic E-state index is 0.000509. The highest BCUT2D eigenvalue weighted by Crippen LogP contribution is 2.35. The average molecular weight is 451 g/mol. The molecule has 33 heavy (non-hydrogen) atoms. The molecule has 8 nitrogen and oxygen atoms in total. The Bertz CT molecular complexity index is 1180. The van der Waals surface area contributed by atoms with Crippen LogP contribution in [-0.4, -0.2) is 62.1 Å². The molecule has 0 radical (unpaired) electrons. The van der Waals surface area contributed by atoms with Crippen molar-refractivity contribution in [2.24, 2.45) is 11.8 Å². The molecule has 5 rings (SSSR count). The third kappa shape index (κ3) is 3.86. The highest BCUT2D eigenvalue weighted by atomic mass is 19.1. The van der Waals surface area contributed by atoms with E-state index in [9.17, 15) is 14.3 Å². The number of hydrogen-bond donors (Lipinski definition) is 1. The maximum absolute atomic E-state index is 14.7. The molecule has 3 aromatic rings. The minimum Gasteiger partial charge on any atom is -0.384 e. The standard InChI is InChI=1S/C24H27FN6O2/c1-15-7-8-20(28-22(15)24(2,3)33)29-11-16-13-30(14-17(16)12-29)23(32)21-18(25)5-4-6-19(21)31-26-9-10-27-31/h4-10,16-17,33H,11-14H2,1-3H3. The van der Waals surface area contributed by atoms with Crippen molar-refractivity contribution in [1.82, 2.24) is 24.9 Å². The van der Waals surface area contributed by atoms with E-state index in [1.807, 2.05) is 19.1 Å². The minimum atomic E-state index is -1.01. The summed E-state index contributed by atoms with van der Waals surface area (Å²) in [5.41, 5.74) is 0.954. The van der Waals surface area contributed by atoms with Crippen LogP contribution in [0.1, 0.15) is 35.5 Å². The van der Waals surface area contributed by atoms with Gasteiger partial charge in [-0.15, -0.1) is 0 Å². The molecule has 2 unspecified atom stereocenters. The van der Waals surface area contributed by atoms with Gasteiger partial charge in [-0.1, -0.05) is 12.1 Å². The van der Waals surface area contributed by atoms with E-state index in [4.69, 9.17) is 4.98 Å². The molecular formula is C24H27FN6O2. The molecule has 0 aliphatic carbocycles. The van der Waals surface area contributed by atoms with Gasteiger partial charge in [0.1, 0.15) is 28.5 Å². The number of nitrogens with zero attached hydrogens (tertiary/aromatic N) is 6. The summed E-state index contributed by atoms with van der Waals surface area (Å²) in [4.78, 5) is 23.3. The normalized spacial score (nSPS) is 20.4. The Morgan fingerprint density at radius 2 is 1.73 bits per heavy atom. The predicted molar refractivity (Wildman–Crippen MR) is 121 cm³/mol. The third-order valence-corrected chi connectivity index (χ3v) is 6.60. The molecular weight excluding hydrogens is 423 g/mol. The van der Waals surface area contributed by atoms with Crippen molar-refractivity contribution in [2.45, 2.75) is 26.4 Å². The summed E-state index contributed by atoms with van der Waals surface area (Å²) in [7, 11) is 0. The van der Waals surface area contributed by atoms with Crippen LogP contribution in [0.5, 0.6) is 0 Å². The molecule has 0 bridgehead atoms. The molecule has 2 aliphatic heterocycles. The summed E-state index contributed by atoms with van der Waals surface area (Å²) in [6.07, 6.45) is 2.99. The molecule has 2 aromatic heterocycles. The van der Waals surface area contributed by atoms with E-state index in [0.717, 1.165) is 24.5 Å². The van der Waals surface area contributed by atoms with Crippen LogP contribution in [0.3, 0.4) is 0 Å². The van der Waals surface area contributed by atoms with Gasteiger partial charge in [0.05, 0.1) is 18.1 Å². The Labute approximate surface area is 191 Å². The number of amides is 1. The lowest BCUT2D eigenvalue weighted by atomic mass is 10.0. The van der Waals surface area contributed by atoms with Gasteiger partial charge in [0.2, 0.25) is 0 Å². The number of aliphatic hydroxyl groups is 1. The van der Waals surface area contributed by atoms with Crippen LogP contribution in [0, 0.1) is 24.6 Å². The fourth-order valence-electron chi connectivity index (χ4n) is 5.05. The lowest BCUT2D eigenvalue weighted by molar-refractivity contribution is 0.0730. The van der Waals surface area contributed by atoms with Crippen LogP contribution in [0.25, 0.3) is 5.69 Å². The highest BCUT2D eigenvalue weighted by molar-refractivity contribution is 5.98. The van der Waals surface area contributed by atoms with Gasteiger partial charge in [-0.2, -0.15) is 15.0 Å². The second-order valence-corrected chi connectivity index (χ2v) is 9.48. The van der Waals surface area contributed by atoms with Crippen LogP contribution < -0.4 is 4.90 Å². The number of likely N-dealkylation sites (tertiary alicyclic amines) is 1. The topological polar surface area (TPSA) is 87.4 Å². The van der Waals surface area contributed by atoms with E-state index in [1.54, 1.807) is 30.9 Å². The van der Waals surface area contributed by atoms with Gasteiger partial charge in [-0.3, -0.25) is 4.79 Å². The van der Waals surface area contributed by atoms with Gasteiger partial charge in [0.15, 0.2) is 0 Å². The van der Waals surface area contributed by atoms with E-state index in [2.05, 4.69) is 15.1 Å². The number of aryl methyl sites for hydroxylation is 1. The number of rotatable bonds is 4. The third-order valence-electron chi connectivity index (χ3n) is 6.60. The van der Waals surface area contributed by atoms with Gasteiger partial charge in [0.25, 0.3) is 5.91 Å². The smallest absolute Gasteiger partial charge is 0.259 e. The van der Waals surface area contributed by atoms with E-state index >= 15 is 0 Å². The maximum Gasteiger partial charge on any atom is 0.259 e. The van der Waals surface area contributed by atoms with E-state index in [1.165, 1.54) is 23.3 Å². The van der Waals surface area contributed by atoms with Crippen LogP contribution >= 0.6 is 0 Å². The molecule has 4 heterocycles. The summed E-state index contributed by atoms with van der Waals surface area (Å²) in [5, 5.41) is 18.6. The summed E-state index contributed by atoms with van der Waals surface area (Å²) in [6.45, 7) is 8.08. The van der Waals surface area contributed by atoms with Gasteiger partial charge < -0.3 is 14.9 Å². The first-order valence-electron chi connectivity index (χ1n) is 11.1. The maximum atomic E-state index is 14.7. The largest absolute Gasteiger partial charge is 0.384 e. The molecule has 2 aliphatic rings. The number of anilines is 1. The molecule has 1 amide bonds. The van der Waals surface area contributed by atoms with Gasteiger partial charge in [-0.25, -0.2) is 9.37 Å². The summed E-state index contributed by atoms with van der Waals surface area (Å²) < 4.78 is 14.7. The zero-order chi connectivity index (χ0) is 23.3. The predicted octanol–water partition coefficient (Wildman–Crippen LogP) is 2.55. The number of aromatic nitrogens is 4. The first-order chi connectivity index (χ1) is 15.7. The lowest BCUT2D eigenvalue weighted by Gasteiger charge is -2.25. The van der Waals surface area contributed by atoms with E-state index in [0.29, 0.717) is 24.5 Å². The number of fused-ring (bicyclic) bond motifs is 1. The molecule has 0 spiro atoms. The van der Waals surface area contributed by atoms with Crippen molar-refractivity contribution < 1.29 is 14.3 Å². The molecule has 2 atom stereocenters. The van der Waals surface area contributed by atoms with Crippen molar-refractivity contribution in [2.75, 3.05) is 31.1 Å². The van der Waals surface area contributed by atoms with Crippen molar-refractivity contribution in [3.63, 3.8) is 0 Å². The lowest BCUT2D eigenvalue weighted by Crippen LogP contribution is -2.34. The number of carbonyl (C=O) groups is 1. The second kappa shape index (κ2) is 7.91. The SMILES string of the molecule is Cc1ccc(N2CC3CN(C(=O)c4c(F)cccc4-n4nccn4)CC3C2)nc1C(C)(C)O. The van der Waals surface area contributed by atoms with Gasteiger partial charge in [-0.05, 0) is 44.5 Å². The molecule has 0 saturated carbocycles. The summed E-state index contributed by atoms with van der Waals surface area (Å²) in [6, 6.07) is 8.47. The van der Waals surface area contributed by atoms with Crippen LogP contribution in [0.4, 0.5) is 10.2 Å². The highest BCUT2D eigenvalue weighted by Gasteiger charge is 2.43. The molecule has 1 N–H and O–H groups in total. The van der Waals surface area contributed by atoms with E-state index in [-0.39, 0.29) is 23.3 Å². The Morgan fingerprint density at radius 3 is 2.36 bits per heavy atom. The Kier molecular flexibility index (Phi) is 5.16. The number of halogens is 1. The average Bonchev–Trinajstić information content (AvgIpc) is 3.49. The fraction of sp³-hybridized carbons (Fsp3) is 0.417. The van der Waals surface area contributed by atoms with Crippen molar-refractivity contribution in [3.05, 3.63) is 65.4 Å². The second-order valence-electron chi connectivity index (χ2n) is 9.48. The van der Waals surface area contributed by atoms with Crippen LogP contribution in [0.2, 0.25) is 0 Å². The zero-order valence-corrected chi connectivity index (χ0v) is 18.9. The van der Waals surface area contributed by atoms with Crippen LogP contribution in [-0.2, 0) is 5.60 Å². The number of hydrogen-bond acceptors (Lipinski definition) is 6. The molecule has 1 aromatic carbocycles. The first-order valence-corrected chi connectivity index (χ1v) is 11.1. The Morgan fingerprint density at radius 1 is 1.06 bits per heavy atom. The Balaban J connectivity index is 1.33. The summed E-state index contributed by atoms with van der Waals surface area (Å²) >= 11 is 0. The summed E-state index contributed by atoms with van der Waals surface area (Å²) in [5.74, 6) is 0.489.